The molecular formula is C17H22N2O5S. The molecule has 2 heterocycles. The monoisotopic (exact) mass is 366 g/mol. The molecule has 7 nitrogen and oxygen atoms in total. The van der Waals surface area contributed by atoms with E-state index in [1.165, 1.54) is 9.21 Å². The van der Waals surface area contributed by atoms with Gasteiger partial charge in [-0.1, -0.05) is 24.3 Å². The molecule has 25 heavy (non-hydrogen) atoms. The number of hydrogen-bond acceptors (Lipinski definition) is 4. The van der Waals surface area contributed by atoms with E-state index >= 15 is 0 Å². The van der Waals surface area contributed by atoms with Gasteiger partial charge in [0.05, 0.1) is 6.26 Å². The number of carbonyl (C=O) groups excluding carboxylic acids is 1. The number of benzene rings is 1. The van der Waals surface area contributed by atoms with Gasteiger partial charge >= 0.3 is 5.97 Å². The molecule has 0 aromatic heterocycles. The molecule has 1 atom stereocenters. The topological polar surface area (TPSA) is 95.0 Å². The number of nitrogens with zero attached hydrogens (tertiary/aromatic N) is 2. The van der Waals surface area contributed by atoms with Crippen molar-refractivity contribution in [2.75, 3.05) is 25.9 Å². The van der Waals surface area contributed by atoms with Crippen LogP contribution in [0.5, 0.6) is 0 Å². The minimum absolute atomic E-state index is 0.185. The molecule has 1 N–H and O–H groups in total. The first-order valence-corrected chi connectivity index (χ1v) is 10.2. The first kappa shape index (κ1) is 17.9. The molecule has 3 rings (SSSR count). The summed E-state index contributed by atoms with van der Waals surface area (Å²) in [6.07, 6.45) is 2.65. The molecule has 1 amide bonds. The van der Waals surface area contributed by atoms with Crippen LogP contribution in [-0.2, 0) is 26.0 Å². The third kappa shape index (κ3) is 3.55. The van der Waals surface area contributed by atoms with Crippen LogP contribution in [0.4, 0.5) is 0 Å². The van der Waals surface area contributed by atoms with E-state index in [0.717, 1.165) is 11.8 Å². The van der Waals surface area contributed by atoms with Crippen molar-refractivity contribution >= 4 is 21.9 Å². The summed E-state index contributed by atoms with van der Waals surface area (Å²) in [6.45, 7) is 0.980. The van der Waals surface area contributed by atoms with Crippen LogP contribution in [0.25, 0.3) is 0 Å². The number of fused-ring (bicyclic) bond motifs is 1. The van der Waals surface area contributed by atoms with Gasteiger partial charge in [0.2, 0.25) is 15.9 Å². The van der Waals surface area contributed by atoms with Crippen molar-refractivity contribution in [3.8, 4) is 0 Å². The molecule has 0 aliphatic carbocycles. The maximum absolute atomic E-state index is 12.9. The van der Waals surface area contributed by atoms with Crippen molar-refractivity contribution in [1.29, 1.82) is 0 Å². The van der Waals surface area contributed by atoms with Crippen LogP contribution in [0.1, 0.15) is 30.0 Å². The van der Waals surface area contributed by atoms with Crippen LogP contribution in [0.2, 0.25) is 0 Å². The largest absolute Gasteiger partial charge is 0.479 e. The number of piperidine rings is 1. The lowest BCUT2D eigenvalue weighted by Crippen LogP contribution is -2.48. The first-order chi connectivity index (χ1) is 11.8. The third-order valence-corrected chi connectivity index (χ3v) is 6.38. The molecule has 0 radical (unpaired) electrons. The van der Waals surface area contributed by atoms with Crippen LogP contribution < -0.4 is 0 Å². The minimum Gasteiger partial charge on any atom is -0.479 e. The van der Waals surface area contributed by atoms with E-state index < -0.39 is 22.0 Å². The van der Waals surface area contributed by atoms with Gasteiger partial charge in [-0.25, -0.2) is 17.5 Å². The van der Waals surface area contributed by atoms with Crippen molar-refractivity contribution < 1.29 is 23.1 Å². The van der Waals surface area contributed by atoms with Crippen molar-refractivity contribution in [3.05, 3.63) is 35.4 Å². The van der Waals surface area contributed by atoms with Gasteiger partial charge in [-0.05, 0) is 30.4 Å². The van der Waals surface area contributed by atoms with Gasteiger partial charge in [-0.15, -0.1) is 0 Å². The van der Waals surface area contributed by atoms with E-state index in [2.05, 4.69) is 0 Å². The van der Waals surface area contributed by atoms with Crippen molar-refractivity contribution in [2.45, 2.75) is 25.3 Å². The summed E-state index contributed by atoms with van der Waals surface area (Å²) in [6, 6.07) is 6.35. The molecule has 0 spiro atoms. The summed E-state index contributed by atoms with van der Waals surface area (Å²) >= 11 is 0. The third-order valence-electron chi connectivity index (χ3n) is 5.07. The van der Waals surface area contributed by atoms with Gasteiger partial charge < -0.3 is 10.0 Å². The van der Waals surface area contributed by atoms with Gasteiger partial charge in [0.15, 0.2) is 6.04 Å². The van der Waals surface area contributed by atoms with Crippen molar-refractivity contribution in [3.63, 3.8) is 0 Å². The molecule has 0 bridgehead atoms. The predicted octanol–water partition coefficient (Wildman–Crippen LogP) is 0.869. The Kier molecular flexibility index (Phi) is 4.83. The average molecular weight is 366 g/mol. The van der Waals surface area contributed by atoms with Gasteiger partial charge in [-0.2, -0.15) is 0 Å². The number of aliphatic carboxylic acids is 1. The predicted molar refractivity (Wildman–Crippen MR) is 91.4 cm³/mol. The quantitative estimate of drug-likeness (QED) is 0.856. The molecule has 1 fully saturated rings. The fourth-order valence-electron chi connectivity index (χ4n) is 3.74. The Morgan fingerprint density at radius 2 is 1.76 bits per heavy atom. The SMILES string of the molecule is CS(=O)(=O)N1CCC(C(=O)N2CCc3ccccc3C2C(=O)O)CC1. The first-order valence-electron chi connectivity index (χ1n) is 8.35. The van der Waals surface area contributed by atoms with Crippen LogP contribution in [0.3, 0.4) is 0 Å². The van der Waals surface area contributed by atoms with E-state index in [-0.39, 0.29) is 11.8 Å². The van der Waals surface area contributed by atoms with E-state index in [4.69, 9.17) is 0 Å². The zero-order chi connectivity index (χ0) is 18.2. The van der Waals surface area contributed by atoms with Gasteiger partial charge in [0.1, 0.15) is 0 Å². The highest BCUT2D eigenvalue weighted by Crippen LogP contribution is 2.33. The minimum atomic E-state index is -3.25. The second-order valence-electron chi connectivity index (χ2n) is 6.66. The Balaban J connectivity index is 1.77. The van der Waals surface area contributed by atoms with E-state index in [9.17, 15) is 23.1 Å². The Hall–Kier alpha value is -1.93. The Bertz CT molecular complexity index is 784. The van der Waals surface area contributed by atoms with Gasteiger partial charge in [0, 0.05) is 25.6 Å². The summed E-state index contributed by atoms with van der Waals surface area (Å²) in [7, 11) is -3.25. The lowest BCUT2D eigenvalue weighted by Gasteiger charge is -2.38. The molecule has 2 aliphatic heterocycles. The molecule has 1 aromatic rings. The van der Waals surface area contributed by atoms with Crippen molar-refractivity contribution in [2.24, 2.45) is 5.92 Å². The van der Waals surface area contributed by atoms with E-state index in [1.54, 1.807) is 12.1 Å². The molecule has 1 saturated heterocycles. The lowest BCUT2D eigenvalue weighted by atomic mass is 9.89. The van der Waals surface area contributed by atoms with Crippen LogP contribution in [0, 0.1) is 5.92 Å². The normalized spacial score (nSPS) is 22.4. The highest BCUT2D eigenvalue weighted by molar-refractivity contribution is 7.88. The molecule has 2 aliphatic rings. The summed E-state index contributed by atoms with van der Waals surface area (Å²) in [4.78, 5) is 26.2. The van der Waals surface area contributed by atoms with Gasteiger partial charge in [0.25, 0.3) is 0 Å². The van der Waals surface area contributed by atoms with E-state index in [1.807, 2.05) is 12.1 Å². The smallest absolute Gasteiger partial charge is 0.331 e. The maximum atomic E-state index is 12.9. The number of sulfonamides is 1. The summed E-state index contributed by atoms with van der Waals surface area (Å²) < 4.78 is 24.6. The summed E-state index contributed by atoms with van der Waals surface area (Å²) in [5.41, 5.74) is 1.63. The molecule has 0 saturated carbocycles. The Morgan fingerprint density at radius 3 is 2.36 bits per heavy atom. The fourth-order valence-corrected chi connectivity index (χ4v) is 4.61. The number of carboxylic acid groups (broad SMARTS) is 1. The highest BCUT2D eigenvalue weighted by Gasteiger charge is 2.39. The van der Waals surface area contributed by atoms with Crippen LogP contribution >= 0.6 is 0 Å². The number of carboxylic acids is 1. The Morgan fingerprint density at radius 1 is 1.12 bits per heavy atom. The summed E-state index contributed by atoms with van der Waals surface area (Å²) in [5.74, 6) is -1.55. The number of amides is 1. The average Bonchev–Trinajstić information content (AvgIpc) is 2.59. The molecular weight excluding hydrogens is 344 g/mol. The number of hydrogen-bond donors (Lipinski definition) is 1. The summed E-state index contributed by atoms with van der Waals surface area (Å²) in [5, 5.41) is 9.67. The molecule has 1 aromatic carbocycles. The second-order valence-corrected chi connectivity index (χ2v) is 8.64. The highest BCUT2D eigenvalue weighted by atomic mass is 32.2. The molecule has 1 unspecified atom stereocenters. The zero-order valence-electron chi connectivity index (χ0n) is 14.1. The molecule has 136 valence electrons. The number of rotatable bonds is 3. The van der Waals surface area contributed by atoms with Crippen LogP contribution in [-0.4, -0.2) is 60.5 Å². The lowest BCUT2D eigenvalue weighted by molar-refractivity contribution is -0.153. The molecule has 8 heteroatoms. The maximum Gasteiger partial charge on any atom is 0.331 e. The van der Waals surface area contributed by atoms with E-state index in [0.29, 0.717) is 44.5 Å². The van der Waals surface area contributed by atoms with Gasteiger partial charge in [-0.3, -0.25) is 4.79 Å². The van der Waals surface area contributed by atoms with Crippen molar-refractivity contribution in [1.82, 2.24) is 9.21 Å². The Labute approximate surface area is 147 Å². The second kappa shape index (κ2) is 6.76. The standard InChI is InChI=1S/C17H22N2O5S/c1-25(23,24)18-9-6-13(7-10-18)16(20)19-11-8-12-4-2-3-5-14(12)15(19)17(21)22/h2-5,13,15H,6-11H2,1H3,(H,21,22). The van der Waals surface area contributed by atoms with Crippen LogP contribution in [0.15, 0.2) is 24.3 Å². The number of carbonyl (C=O) groups is 2. The fraction of sp³-hybridized carbons (Fsp3) is 0.529. The zero-order valence-corrected chi connectivity index (χ0v) is 14.9.